The molecule has 0 aliphatic carbocycles. The first-order valence-corrected chi connectivity index (χ1v) is 12.9. The van der Waals surface area contributed by atoms with Gasteiger partial charge in [-0.05, 0) is 69.0 Å². The average molecular weight is 486 g/mol. The van der Waals surface area contributed by atoms with Crippen molar-refractivity contribution in [2.75, 3.05) is 0 Å². The van der Waals surface area contributed by atoms with Crippen molar-refractivity contribution in [1.29, 1.82) is 0 Å². The second kappa shape index (κ2) is 10.9. The Kier molecular flexibility index (Phi) is 7.71. The normalized spacial score (nSPS) is 11.2. The van der Waals surface area contributed by atoms with E-state index in [4.69, 9.17) is 4.98 Å². The fourth-order valence-corrected chi connectivity index (χ4v) is 5.07. The third-order valence-electron chi connectivity index (χ3n) is 5.93. The molecule has 0 saturated carbocycles. The van der Waals surface area contributed by atoms with Crippen LogP contribution in [0.25, 0.3) is 10.9 Å². The lowest BCUT2D eigenvalue weighted by atomic mass is 10.1. The van der Waals surface area contributed by atoms with Crippen molar-refractivity contribution in [2.24, 2.45) is 0 Å². The first kappa shape index (κ1) is 24.7. The molecule has 0 atom stereocenters. The molecule has 0 radical (unpaired) electrons. The van der Waals surface area contributed by atoms with Gasteiger partial charge in [-0.25, -0.2) is 4.98 Å². The third-order valence-corrected chi connectivity index (χ3v) is 6.96. The van der Waals surface area contributed by atoms with Gasteiger partial charge < -0.3 is 5.32 Å². The number of thioether (sulfide) groups is 1. The molecule has 35 heavy (non-hydrogen) atoms. The molecule has 0 aliphatic rings. The summed E-state index contributed by atoms with van der Waals surface area (Å²) < 4.78 is 1.78. The highest BCUT2D eigenvalue weighted by Crippen LogP contribution is 2.25. The Bertz CT molecular complexity index is 1410. The Hall–Kier alpha value is -3.38. The quantitative estimate of drug-likeness (QED) is 0.257. The monoisotopic (exact) mass is 485 g/mol. The number of hydrogen-bond donors (Lipinski definition) is 1. The summed E-state index contributed by atoms with van der Waals surface area (Å²) in [5.41, 5.74) is 5.80. The maximum atomic E-state index is 13.6. The van der Waals surface area contributed by atoms with Crippen LogP contribution in [0.1, 0.15) is 46.5 Å². The van der Waals surface area contributed by atoms with E-state index >= 15 is 0 Å². The van der Waals surface area contributed by atoms with Gasteiger partial charge in [0.25, 0.3) is 11.5 Å². The minimum atomic E-state index is -0.165. The van der Waals surface area contributed by atoms with E-state index in [1.165, 1.54) is 22.3 Å². The summed E-state index contributed by atoms with van der Waals surface area (Å²) in [5, 5.41) is 4.10. The lowest BCUT2D eigenvalue weighted by Gasteiger charge is -2.15. The number of hydrogen-bond acceptors (Lipinski definition) is 4. The summed E-state index contributed by atoms with van der Waals surface area (Å²) in [6.45, 7) is 8.57. The highest BCUT2D eigenvalue weighted by Gasteiger charge is 2.15. The Morgan fingerprint density at radius 1 is 1.03 bits per heavy atom. The van der Waals surface area contributed by atoms with Crippen molar-refractivity contribution in [2.45, 2.75) is 57.6 Å². The van der Waals surface area contributed by atoms with Crippen molar-refractivity contribution in [3.05, 3.63) is 105 Å². The number of benzene rings is 3. The van der Waals surface area contributed by atoms with Crippen LogP contribution in [0, 0.1) is 13.8 Å². The number of fused-ring (bicyclic) bond motifs is 1. The van der Waals surface area contributed by atoms with Crippen LogP contribution in [0.3, 0.4) is 0 Å². The summed E-state index contributed by atoms with van der Waals surface area (Å²) >= 11 is 1.56. The van der Waals surface area contributed by atoms with E-state index in [-0.39, 0.29) is 17.5 Å². The highest BCUT2D eigenvalue weighted by molar-refractivity contribution is 7.98. The molecule has 6 heteroatoms. The van der Waals surface area contributed by atoms with Gasteiger partial charge in [0.1, 0.15) is 0 Å². The van der Waals surface area contributed by atoms with E-state index in [1.807, 2.05) is 32.0 Å². The zero-order valence-electron chi connectivity index (χ0n) is 20.7. The van der Waals surface area contributed by atoms with Gasteiger partial charge in [-0.3, -0.25) is 14.2 Å². The first-order valence-electron chi connectivity index (χ1n) is 11.9. The van der Waals surface area contributed by atoms with E-state index < -0.39 is 0 Å². The molecular formula is C29H31N3O2S. The summed E-state index contributed by atoms with van der Waals surface area (Å²) in [5.74, 6) is 0.547. The average Bonchev–Trinajstić information content (AvgIpc) is 2.84. The van der Waals surface area contributed by atoms with Gasteiger partial charge >= 0.3 is 0 Å². The maximum absolute atomic E-state index is 13.6. The molecule has 0 aliphatic heterocycles. The molecule has 3 aromatic carbocycles. The predicted molar refractivity (Wildman–Crippen MR) is 144 cm³/mol. The zero-order chi connectivity index (χ0) is 24.9. The molecule has 1 aromatic heterocycles. The second-order valence-corrected chi connectivity index (χ2v) is 10.1. The minimum Gasteiger partial charge on any atom is -0.350 e. The Labute approximate surface area is 210 Å². The van der Waals surface area contributed by atoms with Crippen molar-refractivity contribution in [1.82, 2.24) is 14.9 Å². The van der Waals surface area contributed by atoms with Crippen LogP contribution in [0.5, 0.6) is 0 Å². The van der Waals surface area contributed by atoms with Crippen molar-refractivity contribution < 1.29 is 4.79 Å². The molecule has 0 bridgehead atoms. The number of amides is 1. The topological polar surface area (TPSA) is 64.0 Å². The van der Waals surface area contributed by atoms with E-state index in [2.05, 4.69) is 49.5 Å². The van der Waals surface area contributed by atoms with Gasteiger partial charge in [0.2, 0.25) is 0 Å². The summed E-state index contributed by atoms with van der Waals surface area (Å²) in [6.07, 6.45) is 0.736. The molecular weight excluding hydrogens is 454 g/mol. The number of rotatable bonds is 8. The SMILES string of the molecule is Cc1ccc(C)c(CSc2nc3cc(C(=O)NC(C)C)ccc3c(=O)n2CCc2ccccc2)c1. The number of aryl methyl sites for hydroxylation is 3. The smallest absolute Gasteiger partial charge is 0.262 e. The molecule has 1 N–H and O–H groups in total. The number of nitrogens with zero attached hydrogens (tertiary/aromatic N) is 2. The molecule has 1 heterocycles. The molecule has 1 amide bonds. The lowest BCUT2D eigenvalue weighted by Crippen LogP contribution is -2.30. The van der Waals surface area contributed by atoms with E-state index in [0.717, 1.165) is 6.42 Å². The van der Waals surface area contributed by atoms with Crippen LogP contribution in [-0.4, -0.2) is 21.5 Å². The van der Waals surface area contributed by atoms with Crippen LogP contribution in [-0.2, 0) is 18.7 Å². The maximum Gasteiger partial charge on any atom is 0.262 e. The van der Waals surface area contributed by atoms with Gasteiger partial charge in [-0.1, -0.05) is 65.9 Å². The van der Waals surface area contributed by atoms with Crippen LogP contribution >= 0.6 is 11.8 Å². The molecule has 0 fully saturated rings. The second-order valence-electron chi connectivity index (χ2n) is 9.17. The molecule has 4 aromatic rings. The van der Waals surface area contributed by atoms with E-state index in [1.54, 1.807) is 34.5 Å². The fraction of sp³-hybridized carbons (Fsp3) is 0.276. The van der Waals surface area contributed by atoms with Gasteiger partial charge in [-0.15, -0.1) is 0 Å². The lowest BCUT2D eigenvalue weighted by molar-refractivity contribution is 0.0943. The Balaban J connectivity index is 1.73. The zero-order valence-corrected chi connectivity index (χ0v) is 21.5. The van der Waals surface area contributed by atoms with Crippen molar-refractivity contribution in [3.63, 3.8) is 0 Å². The van der Waals surface area contributed by atoms with Gasteiger partial charge in [0, 0.05) is 23.9 Å². The third kappa shape index (κ3) is 6.01. The first-order chi connectivity index (χ1) is 16.8. The van der Waals surface area contributed by atoms with Crippen molar-refractivity contribution >= 4 is 28.6 Å². The largest absolute Gasteiger partial charge is 0.350 e. The minimum absolute atomic E-state index is 0.0285. The van der Waals surface area contributed by atoms with Crippen molar-refractivity contribution in [3.8, 4) is 0 Å². The molecule has 0 saturated heterocycles. The van der Waals surface area contributed by atoms with Crippen LogP contribution in [0.2, 0.25) is 0 Å². The number of carbonyl (C=O) groups excluding carboxylic acids is 1. The standard InChI is InChI=1S/C29H31N3O2S/c1-19(2)30-27(33)23-12-13-25-26(17-23)31-29(35-18-24-16-20(3)10-11-21(24)4)32(28(25)34)15-14-22-8-6-5-7-9-22/h5-13,16-17,19H,14-15,18H2,1-4H3,(H,30,33). The predicted octanol–water partition coefficient (Wildman–Crippen LogP) is 5.69. The van der Waals surface area contributed by atoms with E-state index in [0.29, 0.717) is 33.9 Å². The Morgan fingerprint density at radius 3 is 2.54 bits per heavy atom. The summed E-state index contributed by atoms with van der Waals surface area (Å²) in [6, 6.07) is 21.7. The number of carbonyl (C=O) groups is 1. The molecule has 0 unspecified atom stereocenters. The number of nitrogens with one attached hydrogen (secondary N) is 1. The van der Waals surface area contributed by atoms with Gasteiger partial charge in [0.15, 0.2) is 5.16 Å². The molecule has 4 rings (SSSR count). The number of aromatic nitrogens is 2. The van der Waals surface area contributed by atoms with Crippen LogP contribution < -0.4 is 10.9 Å². The Morgan fingerprint density at radius 2 is 1.80 bits per heavy atom. The van der Waals surface area contributed by atoms with Gasteiger partial charge in [0.05, 0.1) is 10.9 Å². The van der Waals surface area contributed by atoms with Gasteiger partial charge in [-0.2, -0.15) is 0 Å². The van der Waals surface area contributed by atoms with Crippen LogP contribution in [0.15, 0.2) is 76.7 Å². The fourth-order valence-electron chi connectivity index (χ4n) is 3.98. The van der Waals surface area contributed by atoms with E-state index in [9.17, 15) is 9.59 Å². The summed E-state index contributed by atoms with van der Waals surface area (Å²) in [7, 11) is 0. The molecule has 0 spiro atoms. The highest BCUT2D eigenvalue weighted by atomic mass is 32.2. The van der Waals surface area contributed by atoms with Crippen LogP contribution in [0.4, 0.5) is 0 Å². The molecule has 180 valence electrons. The summed E-state index contributed by atoms with van der Waals surface area (Å²) in [4.78, 5) is 31.0. The molecule has 5 nitrogen and oxygen atoms in total.